The van der Waals surface area contributed by atoms with Crippen LogP contribution in [-0.2, 0) is 11.2 Å². The van der Waals surface area contributed by atoms with Gasteiger partial charge in [-0.25, -0.2) is 0 Å². The van der Waals surface area contributed by atoms with Crippen LogP contribution in [0.15, 0.2) is 54.6 Å². The van der Waals surface area contributed by atoms with Crippen molar-refractivity contribution in [2.75, 3.05) is 19.7 Å². The molecule has 0 saturated heterocycles. The van der Waals surface area contributed by atoms with Crippen molar-refractivity contribution in [2.24, 2.45) is 11.7 Å². The molecule has 33 heavy (non-hydrogen) atoms. The molecule has 1 fully saturated rings. The van der Waals surface area contributed by atoms with Gasteiger partial charge in [0.1, 0.15) is 5.75 Å². The van der Waals surface area contributed by atoms with E-state index >= 15 is 0 Å². The molecule has 1 amide bonds. The SMILES string of the molecule is CCCC(C)COc1ccc(C(CNCC2(N)CCCC2)NC(=O)Cc2ccccc2)cc1. The summed E-state index contributed by atoms with van der Waals surface area (Å²) in [6, 6.07) is 17.9. The maximum atomic E-state index is 12.8. The number of hydrogen-bond donors (Lipinski definition) is 3. The molecule has 0 radical (unpaired) electrons. The van der Waals surface area contributed by atoms with Crippen molar-refractivity contribution in [3.63, 3.8) is 0 Å². The minimum atomic E-state index is -0.126. The zero-order valence-electron chi connectivity index (χ0n) is 20.3. The fraction of sp³-hybridized carbons (Fsp3) is 0.536. The van der Waals surface area contributed by atoms with E-state index in [0.717, 1.165) is 42.9 Å². The molecule has 0 heterocycles. The van der Waals surface area contributed by atoms with Gasteiger partial charge in [-0.3, -0.25) is 4.79 Å². The first-order valence-corrected chi connectivity index (χ1v) is 12.5. The highest BCUT2D eigenvalue weighted by Crippen LogP contribution is 2.26. The quantitative estimate of drug-likeness (QED) is 0.410. The summed E-state index contributed by atoms with van der Waals surface area (Å²) in [5.41, 5.74) is 8.48. The number of rotatable bonds is 13. The second-order valence-electron chi connectivity index (χ2n) is 9.76. The summed E-state index contributed by atoms with van der Waals surface area (Å²) in [6.07, 6.45) is 7.24. The van der Waals surface area contributed by atoms with Crippen molar-refractivity contribution >= 4 is 5.91 Å². The minimum Gasteiger partial charge on any atom is -0.493 e. The minimum absolute atomic E-state index is 0.0186. The molecule has 1 aliphatic carbocycles. The highest BCUT2D eigenvalue weighted by molar-refractivity contribution is 5.79. The monoisotopic (exact) mass is 451 g/mol. The van der Waals surface area contributed by atoms with Crippen molar-refractivity contribution in [1.82, 2.24) is 10.6 Å². The fourth-order valence-corrected chi connectivity index (χ4v) is 4.61. The van der Waals surface area contributed by atoms with Crippen LogP contribution >= 0.6 is 0 Å². The lowest BCUT2D eigenvalue weighted by molar-refractivity contribution is -0.121. The first kappa shape index (κ1) is 25.3. The molecule has 0 aromatic heterocycles. The summed E-state index contributed by atoms with van der Waals surface area (Å²) in [6.45, 7) is 6.56. The van der Waals surface area contributed by atoms with Gasteiger partial charge in [0.25, 0.3) is 0 Å². The van der Waals surface area contributed by atoms with Crippen LogP contribution in [0.5, 0.6) is 5.75 Å². The number of amides is 1. The number of nitrogens with one attached hydrogen (secondary N) is 2. The molecule has 0 spiro atoms. The van der Waals surface area contributed by atoms with E-state index in [4.69, 9.17) is 10.5 Å². The van der Waals surface area contributed by atoms with E-state index in [1.54, 1.807) is 0 Å². The number of benzene rings is 2. The van der Waals surface area contributed by atoms with E-state index in [2.05, 4.69) is 36.6 Å². The lowest BCUT2D eigenvalue weighted by Crippen LogP contribution is -2.48. The molecule has 5 heteroatoms. The van der Waals surface area contributed by atoms with E-state index in [1.165, 1.54) is 25.7 Å². The van der Waals surface area contributed by atoms with Crippen molar-refractivity contribution in [3.8, 4) is 5.75 Å². The van der Waals surface area contributed by atoms with Crippen molar-refractivity contribution in [3.05, 3.63) is 65.7 Å². The molecule has 180 valence electrons. The first-order valence-electron chi connectivity index (χ1n) is 12.5. The van der Waals surface area contributed by atoms with Gasteiger partial charge in [-0.05, 0) is 48.4 Å². The average molecular weight is 452 g/mol. The van der Waals surface area contributed by atoms with Gasteiger partial charge in [-0.15, -0.1) is 0 Å². The molecule has 2 atom stereocenters. The third kappa shape index (κ3) is 8.49. The summed E-state index contributed by atoms with van der Waals surface area (Å²) in [5.74, 6) is 1.43. The molecule has 3 rings (SSSR count). The van der Waals surface area contributed by atoms with Gasteiger partial charge in [0.15, 0.2) is 0 Å². The molecule has 2 aromatic rings. The van der Waals surface area contributed by atoms with Gasteiger partial charge < -0.3 is 21.1 Å². The van der Waals surface area contributed by atoms with E-state index in [1.807, 2.05) is 42.5 Å². The Kier molecular flexibility index (Phi) is 9.76. The first-order chi connectivity index (χ1) is 16.0. The van der Waals surface area contributed by atoms with Crippen LogP contribution in [-0.4, -0.2) is 31.1 Å². The van der Waals surface area contributed by atoms with Crippen LogP contribution in [0.2, 0.25) is 0 Å². The van der Waals surface area contributed by atoms with Crippen molar-refractivity contribution < 1.29 is 9.53 Å². The molecule has 4 N–H and O–H groups in total. The van der Waals surface area contributed by atoms with E-state index < -0.39 is 0 Å². The number of nitrogens with two attached hydrogens (primary N) is 1. The Balaban J connectivity index is 1.61. The van der Waals surface area contributed by atoms with Crippen LogP contribution in [0, 0.1) is 5.92 Å². The highest BCUT2D eigenvalue weighted by Gasteiger charge is 2.29. The fourth-order valence-electron chi connectivity index (χ4n) is 4.61. The third-order valence-corrected chi connectivity index (χ3v) is 6.57. The van der Waals surface area contributed by atoms with E-state index in [9.17, 15) is 4.79 Å². The third-order valence-electron chi connectivity index (χ3n) is 6.57. The van der Waals surface area contributed by atoms with Gasteiger partial charge in [0, 0.05) is 18.6 Å². The topological polar surface area (TPSA) is 76.4 Å². The summed E-state index contributed by atoms with van der Waals surface area (Å²) >= 11 is 0. The zero-order valence-corrected chi connectivity index (χ0v) is 20.3. The molecular weight excluding hydrogens is 410 g/mol. The maximum Gasteiger partial charge on any atom is 0.224 e. The Morgan fingerprint density at radius 2 is 1.79 bits per heavy atom. The molecule has 5 nitrogen and oxygen atoms in total. The number of ether oxygens (including phenoxy) is 1. The maximum absolute atomic E-state index is 12.8. The Bertz CT molecular complexity index is 832. The predicted molar refractivity (Wildman–Crippen MR) is 135 cm³/mol. The van der Waals surface area contributed by atoms with Crippen LogP contribution < -0.4 is 21.1 Å². The Labute approximate surface area is 199 Å². The zero-order chi connectivity index (χ0) is 23.5. The molecule has 0 aliphatic heterocycles. The van der Waals surface area contributed by atoms with Crippen LogP contribution in [0.1, 0.15) is 69.5 Å². The van der Waals surface area contributed by atoms with Crippen LogP contribution in [0.4, 0.5) is 0 Å². The summed E-state index contributed by atoms with van der Waals surface area (Å²) in [5, 5.41) is 6.76. The molecular formula is C28H41N3O2. The number of hydrogen-bond acceptors (Lipinski definition) is 4. The number of carbonyl (C=O) groups excluding carboxylic acids is 1. The molecule has 2 unspecified atom stereocenters. The molecule has 2 aromatic carbocycles. The second-order valence-corrected chi connectivity index (χ2v) is 9.76. The molecule has 1 aliphatic rings. The van der Waals surface area contributed by atoms with Gasteiger partial charge in [0.2, 0.25) is 5.91 Å². The second kappa shape index (κ2) is 12.8. The lowest BCUT2D eigenvalue weighted by Gasteiger charge is -2.26. The van der Waals surface area contributed by atoms with Crippen molar-refractivity contribution in [1.29, 1.82) is 0 Å². The largest absolute Gasteiger partial charge is 0.493 e. The number of carbonyl (C=O) groups is 1. The Morgan fingerprint density at radius 3 is 2.45 bits per heavy atom. The van der Waals surface area contributed by atoms with E-state index in [-0.39, 0.29) is 17.5 Å². The smallest absolute Gasteiger partial charge is 0.224 e. The summed E-state index contributed by atoms with van der Waals surface area (Å²) in [4.78, 5) is 12.8. The normalized spacial score (nSPS) is 16.8. The van der Waals surface area contributed by atoms with Gasteiger partial charge >= 0.3 is 0 Å². The van der Waals surface area contributed by atoms with Crippen LogP contribution in [0.3, 0.4) is 0 Å². The summed E-state index contributed by atoms with van der Waals surface area (Å²) < 4.78 is 5.96. The lowest BCUT2D eigenvalue weighted by atomic mass is 9.99. The van der Waals surface area contributed by atoms with Crippen molar-refractivity contribution in [2.45, 2.75) is 70.4 Å². The van der Waals surface area contributed by atoms with Gasteiger partial charge in [-0.1, -0.05) is 75.6 Å². The predicted octanol–water partition coefficient (Wildman–Crippen LogP) is 4.76. The highest BCUT2D eigenvalue weighted by atomic mass is 16.5. The summed E-state index contributed by atoms with van der Waals surface area (Å²) in [7, 11) is 0. The average Bonchev–Trinajstić information content (AvgIpc) is 3.24. The standard InChI is InChI=1S/C28H41N3O2/c1-3-9-22(2)20-33-25-14-12-24(13-15-25)26(19-30-21-28(29)16-7-8-17-28)31-27(32)18-23-10-5-4-6-11-23/h4-6,10-15,22,26,30H,3,7-9,16-21,29H2,1-2H3,(H,31,32). The molecule has 0 bridgehead atoms. The van der Waals surface area contributed by atoms with E-state index in [0.29, 0.717) is 18.9 Å². The van der Waals surface area contributed by atoms with Crippen LogP contribution in [0.25, 0.3) is 0 Å². The van der Waals surface area contributed by atoms with Gasteiger partial charge in [-0.2, -0.15) is 0 Å². The Hall–Kier alpha value is -2.37. The van der Waals surface area contributed by atoms with Gasteiger partial charge in [0.05, 0.1) is 19.1 Å². The Morgan fingerprint density at radius 1 is 1.09 bits per heavy atom. The molecule has 1 saturated carbocycles.